The number of nitrogens with zero attached hydrogens (tertiary/aromatic N) is 7. The summed E-state index contributed by atoms with van der Waals surface area (Å²) in [5.74, 6) is 1.72. The summed E-state index contributed by atoms with van der Waals surface area (Å²) >= 11 is 8.09. The fourth-order valence-electron chi connectivity index (χ4n) is 11.4. The summed E-state index contributed by atoms with van der Waals surface area (Å²) in [6.07, 6.45) is 3.66. The van der Waals surface area contributed by atoms with Crippen molar-refractivity contribution in [1.29, 1.82) is 0 Å². The Morgan fingerprint density at radius 3 is 2.44 bits per heavy atom. The third-order valence-corrected chi connectivity index (χ3v) is 16.6. The largest absolute Gasteiger partial charge is 0.391 e. The molecule has 4 aliphatic rings. The van der Waals surface area contributed by atoms with E-state index in [2.05, 4.69) is 66.9 Å². The van der Waals surface area contributed by atoms with E-state index in [0.29, 0.717) is 28.0 Å². The molecule has 3 fully saturated rings. The molecule has 13 nitrogen and oxygen atoms in total. The number of carbonyl (C=O) groups is 2. The van der Waals surface area contributed by atoms with E-state index < -0.39 is 23.5 Å². The molecule has 15 heteroatoms. The van der Waals surface area contributed by atoms with Crippen molar-refractivity contribution in [1.82, 2.24) is 34.8 Å². The molecule has 0 spiro atoms. The summed E-state index contributed by atoms with van der Waals surface area (Å²) in [6.45, 7) is 17.2. The van der Waals surface area contributed by atoms with Crippen molar-refractivity contribution in [3.05, 3.63) is 122 Å². The maximum absolute atomic E-state index is 14.4. The average molecular weight is 958 g/mol. The lowest BCUT2D eigenvalue weighted by Crippen LogP contribution is -2.48. The predicted molar refractivity (Wildman–Crippen MR) is 267 cm³/mol. The molecule has 2 amide bonds. The Balaban J connectivity index is 0.726. The second-order valence-corrected chi connectivity index (χ2v) is 21.7. The second-order valence-electron chi connectivity index (χ2n) is 20.4. The molecule has 7 heterocycles. The Labute approximate surface area is 406 Å². The summed E-state index contributed by atoms with van der Waals surface area (Å²) in [6, 6.07) is 21.3. The monoisotopic (exact) mass is 956 g/mol. The van der Waals surface area contributed by atoms with Gasteiger partial charge in [-0.05, 0) is 125 Å². The van der Waals surface area contributed by atoms with Crippen LogP contribution >= 0.6 is 22.9 Å². The van der Waals surface area contributed by atoms with Gasteiger partial charge in [0.15, 0.2) is 11.6 Å². The van der Waals surface area contributed by atoms with Gasteiger partial charge < -0.3 is 29.6 Å². The SMILES string of the molecule is Cc1ncsc1-c1ccc([C@H](C)NC(=O)[C@@H]2C[C@@H](O)CN2C(=O)[C@@H](c2cc(N3CCC(CN4CCC(c5ccc6c(c5)C(C)(C)c5nc(=O)c7c(Cl)cccc7n5-6)CC4)CC3)no2)C(C)C)cc1. The molecule has 356 valence electrons. The molecule has 10 rings (SSSR count). The molecule has 0 aliphatic carbocycles. The van der Waals surface area contributed by atoms with Gasteiger partial charge in [0.25, 0.3) is 5.56 Å². The molecule has 4 aliphatic heterocycles. The minimum atomic E-state index is -0.801. The number of piperidine rings is 2. The first-order valence-corrected chi connectivity index (χ1v) is 25.5. The van der Waals surface area contributed by atoms with Crippen LogP contribution in [0.25, 0.3) is 27.0 Å². The predicted octanol–water partition coefficient (Wildman–Crippen LogP) is 8.77. The minimum Gasteiger partial charge on any atom is -0.391 e. The lowest BCUT2D eigenvalue weighted by molar-refractivity contribution is -0.141. The highest BCUT2D eigenvalue weighted by molar-refractivity contribution is 7.13. The fourth-order valence-corrected chi connectivity index (χ4v) is 12.4. The number of aryl methyl sites for hydroxylation is 1. The first-order valence-electron chi connectivity index (χ1n) is 24.3. The zero-order valence-corrected chi connectivity index (χ0v) is 41.3. The highest BCUT2D eigenvalue weighted by atomic mass is 35.5. The van der Waals surface area contributed by atoms with Crippen LogP contribution in [0.2, 0.25) is 5.02 Å². The lowest BCUT2D eigenvalue weighted by Gasteiger charge is -2.38. The van der Waals surface area contributed by atoms with Gasteiger partial charge in [0.2, 0.25) is 11.8 Å². The third-order valence-electron chi connectivity index (χ3n) is 15.3. The summed E-state index contributed by atoms with van der Waals surface area (Å²) in [5.41, 5.74) is 8.57. The summed E-state index contributed by atoms with van der Waals surface area (Å²) in [7, 11) is 0. The van der Waals surface area contributed by atoms with E-state index in [0.717, 1.165) is 103 Å². The van der Waals surface area contributed by atoms with Crippen molar-refractivity contribution in [3.8, 4) is 16.1 Å². The number of benzene rings is 3. The fraction of sp³-hybridized carbons (Fsp3) is 0.472. The molecule has 68 heavy (non-hydrogen) atoms. The van der Waals surface area contributed by atoms with Crippen LogP contribution in [0.5, 0.6) is 0 Å². The van der Waals surface area contributed by atoms with Gasteiger partial charge in [0.05, 0.1) is 55.3 Å². The number of carbonyl (C=O) groups excluding carboxylic acids is 2. The first kappa shape index (κ1) is 46.3. The molecule has 3 aromatic heterocycles. The number of likely N-dealkylation sites (tertiary alicyclic amines) is 2. The van der Waals surface area contributed by atoms with Gasteiger partial charge >= 0.3 is 0 Å². The molecular weight excluding hydrogens is 896 g/mol. The standard InChI is InChI=1S/C53H61ClN8O5S/c1-30(2)46(51(66)61-28-38(63)25-43(61)49(64)56-31(3)34-10-12-36(13-11-34)48-32(4)55-29-68-48)44-26-45(58-67-44)60-22-16-33(17-23-60)27-59-20-18-35(19-21-59)37-14-15-41-39(24-37)53(5,6)52-57-50(65)47-40(54)8-7-9-42(47)62(41)52/h7-15,24,26,29-31,33,35,38,43,46,63H,16-23,25,27-28H2,1-6H3,(H,56,64)/t31-,38+,43-,46+/m0/s1. The summed E-state index contributed by atoms with van der Waals surface area (Å²) < 4.78 is 8.07. The molecule has 0 bridgehead atoms. The number of aliphatic hydroxyl groups excluding tert-OH is 1. The van der Waals surface area contributed by atoms with Gasteiger partial charge in [-0.15, -0.1) is 11.3 Å². The number of β-amino-alcohol motifs (C(OH)–C–C–N with tert-alkyl or cyclic N) is 1. The molecule has 3 saturated heterocycles. The number of thiazole rings is 1. The average Bonchev–Trinajstić information content (AvgIpc) is 4.12. The van der Waals surface area contributed by atoms with Crippen molar-refractivity contribution >= 4 is 51.5 Å². The molecule has 4 atom stereocenters. The van der Waals surface area contributed by atoms with Crippen LogP contribution in [-0.2, 0) is 15.0 Å². The number of anilines is 1. The highest BCUT2D eigenvalue weighted by Gasteiger charge is 2.44. The Hall–Kier alpha value is -5.41. The topological polar surface area (TPSA) is 150 Å². The zero-order valence-electron chi connectivity index (χ0n) is 39.7. The van der Waals surface area contributed by atoms with Crippen molar-refractivity contribution < 1.29 is 19.2 Å². The number of hydrogen-bond donors (Lipinski definition) is 2. The maximum atomic E-state index is 14.4. The quantitative estimate of drug-likeness (QED) is 0.129. The van der Waals surface area contributed by atoms with Crippen molar-refractivity contribution in [2.24, 2.45) is 11.8 Å². The number of rotatable bonds is 11. The van der Waals surface area contributed by atoms with Gasteiger partial charge in [0.1, 0.15) is 17.8 Å². The highest BCUT2D eigenvalue weighted by Crippen LogP contribution is 2.45. The smallest absolute Gasteiger partial charge is 0.282 e. The van der Waals surface area contributed by atoms with E-state index in [4.69, 9.17) is 16.1 Å². The van der Waals surface area contributed by atoms with Gasteiger partial charge in [-0.2, -0.15) is 4.98 Å². The van der Waals surface area contributed by atoms with Crippen LogP contribution in [-0.4, -0.2) is 97.8 Å². The first-order chi connectivity index (χ1) is 32.7. The second kappa shape index (κ2) is 18.5. The van der Waals surface area contributed by atoms with Gasteiger partial charge in [0, 0.05) is 38.7 Å². The molecular formula is C53H61ClN8O5S. The molecule has 2 N–H and O–H groups in total. The molecule has 0 radical (unpaired) electrons. The zero-order chi connectivity index (χ0) is 47.6. The Morgan fingerprint density at radius 2 is 1.74 bits per heavy atom. The molecule has 0 unspecified atom stereocenters. The third kappa shape index (κ3) is 8.55. The van der Waals surface area contributed by atoms with Gasteiger partial charge in [-0.25, -0.2) is 4.98 Å². The lowest BCUT2D eigenvalue weighted by atomic mass is 9.81. The van der Waals surface area contributed by atoms with Crippen LogP contribution in [0, 0.1) is 18.8 Å². The minimum absolute atomic E-state index is 0.0849. The molecule has 3 aromatic carbocycles. The molecule has 6 aromatic rings. The summed E-state index contributed by atoms with van der Waals surface area (Å²) in [5, 5.41) is 19.3. The van der Waals surface area contributed by atoms with Crippen LogP contribution in [0.15, 0.2) is 81.6 Å². The Bertz CT molecular complexity index is 2910. The number of halogens is 1. The van der Waals surface area contributed by atoms with E-state index >= 15 is 0 Å². The van der Waals surface area contributed by atoms with Crippen molar-refractivity contribution in [2.75, 3.05) is 44.2 Å². The Morgan fingerprint density at radius 1 is 0.985 bits per heavy atom. The number of aromatic nitrogens is 4. The van der Waals surface area contributed by atoms with E-state index in [1.165, 1.54) is 16.0 Å². The van der Waals surface area contributed by atoms with Crippen LogP contribution in [0.4, 0.5) is 5.82 Å². The van der Waals surface area contributed by atoms with E-state index in [1.807, 2.05) is 75.7 Å². The van der Waals surface area contributed by atoms with Crippen LogP contribution in [0.1, 0.15) is 119 Å². The number of amides is 2. The van der Waals surface area contributed by atoms with E-state index in [-0.39, 0.29) is 42.3 Å². The number of fused-ring (bicyclic) bond motifs is 5. The van der Waals surface area contributed by atoms with Crippen LogP contribution < -0.4 is 15.8 Å². The number of aliphatic hydroxyl groups is 1. The Kier molecular flexibility index (Phi) is 12.6. The van der Waals surface area contributed by atoms with Gasteiger partial charge in [-0.1, -0.05) is 73.1 Å². The number of hydrogen-bond acceptors (Lipinski definition) is 11. The van der Waals surface area contributed by atoms with E-state index in [1.54, 1.807) is 17.4 Å². The summed E-state index contributed by atoms with van der Waals surface area (Å²) in [4.78, 5) is 57.8. The maximum Gasteiger partial charge on any atom is 0.282 e. The molecule has 0 saturated carbocycles. The normalized spacial score (nSPS) is 20.8. The van der Waals surface area contributed by atoms with Crippen molar-refractivity contribution in [3.63, 3.8) is 0 Å². The van der Waals surface area contributed by atoms with Crippen molar-refractivity contribution in [2.45, 2.75) is 109 Å². The number of nitrogens with one attached hydrogen (secondary N) is 1. The van der Waals surface area contributed by atoms with E-state index in [9.17, 15) is 19.5 Å². The van der Waals surface area contributed by atoms with Gasteiger partial charge in [-0.3, -0.25) is 19.0 Å². The van der Waals surface area contributed by atoms with Crippen LogP contribution in [0.3, 0.4) is 0 Å².